The highest BCUT2D eigenvalue weighted by molar-refractivity contribution is 6.06. The summed E-state index contributed by atoms with van der Waals surface area (Å²) in [5, 5.41) is 0. The van der Waals surface area contributed by atoms with Crippen LogP contribution in [-0.2, 0) is 5.41 Å². The van der Waals surface area contributed by atoms with Gasteiger partial charge in [0, 0.05) is 5.41 Å². The first-order chi connectivity index (χ1) is 19.6. The molecular formula is C35H23N5. The Bertz CT molecular complexity index is 2400. The molecule has 0 saturated heterocycles. The lowest BCUT2D eigenvalue weighted by Crippen LogP contribution is -2.14. The van der Waals surface area contributed by atoms with Crippen molar-refractivity contribution in [3.05, 3.63) is 114 Å². The fourth-order valence-electron chi connectivity index (χ4n) is 7.32. The lowest BCUT2D eigenvalue weighted by Gasteiger charge is -2.22. The summed E-state index contributed by atoms with van der Waals surface area (Å²) in [5.41, 5.74) is 15.5. The summed E-state index contributed by atoms with van der Waals surface area (Å²) in [6.07, 6.45) is 0. The van der Waals surface area contributed by atoms with Crippen LogP contribution >= 0.6 is 0 Å². The zero-order valence-corrected chi connectivity index (χ0v) is 22.1. The molecule has 5 nitrogen and oxygen atoms in total. The van der Waals surface area contributed by atoms with E-state index in [4.69, 9.17) is 9.97 Å². The van der Waals surface area contributed by atoms with Gasteiger partial charge in [0.05, 0.1) is 33.1 Å². The lowest BCUT2D eigenvalue weighted by atomic mass is 9.81. The summed E-state index contributed by atoms with van der Waals surface area (Å²) < 4.78 is 6.83. The van der Waals surface area contributed by atoms with Gasteiger partial charge in [-0.25, -0.2) is 14.4 Å². The number of hydrogen-bond donors (Lipinski definition) is 0. The molecule has 0 spiro atoms. The Kier molecular flexibility index (Phi) is 3.47. The van der Waals surface area contributed by atoms with Crippen LogP contribution in [0.4, 0.5) is 0 Å². The third-order valence-electron chi connectivity index (χ3n) is 9.18. The summed E-state index contributed by atoms with van der Waals surface area (Å²) in [6, 6.07) is 37.3. The summed E-state index contributed by atoms with van der Waals surface area (Å²) >= 11 is 0. The fraction of sp³-hybridized carbons (Fsp3) is 0.0857. The van der Waals surface area contributed by atoms with Crippen LogP contribution in [0.1, 0.15) is 25.0 Å². The second-order valence-electron chi connectivity index (χ2n) is 11.6. The van der Waals surface area contributed by atoms with Crippen LogP contribution in [0.25, 0.3) is 72.4 Å². The first-order valence-corrected chi connectivity index (χ1v) is 13.8. The lowest BCUT2D eigenvalue weighted by molar-refractivity contribution is 0.660. The minimum atomic E-state index is -0.0479. The number of para-hydroxylation sites is 4. The van der Waals surface area contributed by atoms with Crippen LogP contribution in [0, 0.1) is 0 Å². The molecule has 0 aliphatic heterocycles. The molecule has 40 heavy (non-hydrogen) atoms. The molecule has 0 unspecified atom stereocenters. The Morgan fingerprint density at radius 3 is 1.75 bits per heavy atom. The summed E-state index contributed by atoms with van der Waals surface area (Å²) in [4.78, 5) is 10.2. The number of hydrogen-bond acceptors (Lipinski definition) is 2. The molecule has 0 radical (unpaired) electrons. The van der Waals surface area contributed by atoms with E-state index in [9.17, 15) is 0 Å². The standard InChI is InChI=1S/C35H23N5/c1-35(2)24-10-4-3-9-22(24)23-16-15-20(17-25(23)35)21-18-30-32-31(19-21)39-29-14-8-6-12-27(29)37-34(39)40(32)33-36-26-11-5-7-13-28(26)38(30)33/h3-19H,1-2H3. The zero-order chi connectivity index (χ0) is 26.3. The maximum Gasteiger partial charge on any atom is 0.223 e. The van der Waals surface area contributed by atoms with Gasteiger partial charge in [-0.15, -0.1) is 0 Å². The van der Waals surface area contributed by atoms with E-state index in [1.807, 2.05) is 0 Å². The Balaban J connectivity index is 1.35. The smallest absolute Gasteiger partial charge is 0.223 e. The van der Waals surface area contributed by atoms with E-state index in [1.165, 1.54) is 33.4 Å². The van der Waals surface area contributed by atoms with Crippen LogP contribution < -0.4 is 0 Å². The number of nitrogens with zero attached hydrogens (tertiary/aromatic N) is 5. The molecule has 0 amide bonds. The maximum atomic E-state index is 5.09. The molecule has 5 aromatic carbocycles. The Morgan fingerprint density at radius 1 is 0.500 bits per heavy atom. The van der Waals surface area contributed by atoms with E-state index in [0.29, 0.717) is 0 Å². The van der Waals surface area contributed by atoms with Crippen LogP contribution in [0.3, 0.4) is 0 Å². The van der Waals surface area contributed by atoms with Gasteiger partial charge < -0.3 is 0 Å². The van der Waals surface area contributed by atoms with Crippen molar-refractivity contribution >= 4 is 50.2 Å². The monoisotopic (exact) mass is 513 g/mol. The molecule has 1 aliphatic rings. The van der Waals surface area contributed by atoms with Crippen molar-refractivity contribution in [1.29, 1.82) is 0 Å². The van der Waals surface area contributed by atoms with E-state index >= 15 is 0 Å². The van der Waals surface area contributed by atoms with Gasteiger partial charge in [0.1, 0.15) is 5.52 Å². The highest BCUT2D eigenvalue weighted by Gasteiger charge is 2.35. The molecule has 0 N–H and O–H groups in total. The second kappa shape index (κ2) is 6.69. The minimum absolute atomic E-state index is 0.0479. The van der Waals surface area contributed by atoms with Crippen molar-refractivity contribution in [1.82, 2.24) is 23.2 Å². The molecule has 188 valence electrons. The molecule has 0 saturated carbocycles. The predicted molar refractivity (Wildman–Crippen MR) is 162 cm³/mol. The molecule has 10 rings (SSSR count). The molecule has 9 aromatic rings. The van der Waals surface area contributed by atoms with Gasteiger partial charge >= 0.3 is 0 Å². The topological polar surface area (TPSA) is 39.0 Å². The number of rotatable bonds is 1. The number of imidazole rings is 4. The van der Waals surface area contributed by atoms with E-state index < -0.39 is 0 Å². The van der Waals surface area contributed by atoms with Crippen molar-refractivity contribution in [2.75, 3.05) is 0 Å². The maximum absolute atomic E-state index is 5.09. The molecule has 4 heterocycles. The van der Waals surface area contributed by atoms with Gasteiger partial charge in [0.15, 0.2) is 0 Å². The average molecular weight is 514 g/mol. The SMILES string of the molecule is CC1(C)c2ccccc2-c2ccc(-c3cc4c5c(c3)n3c6ccccc6nc3n5c3nc5ccccc5n43)cc21. The Morgan fingerprint density at radius 2 is 1.07 bits per heavy atom. The summed E-state index contributed by atoms with van der Waals surface area (Å²) in [7, 11) is 0. The highest BCUT2D eigenvalue weighted by atomic mass is 15.3. The van der Waals surface area contributed by atoms with Crippen molar-refractivity contribution in [3.63, 3.8) is 0 Å². The molecule has 0 bridgehead atoms. The predicted octanol–water partition coefficient (Wildman–Crippen LogP) is 8.11. The van der Waals surface area contributed by atoms with Gasteiger partial charge in [-0.3, -0.25) is 8.80 Å². The van der Waals surface area contributed by atoms with Crippen molar-refractivity contribution in [2.45, 2.75) is 19.3 Å². The van der Waals surface area contributed by atoms with Crippen molar-refractivity contribution < 1.29 is 0 Å². The van der Waals surface area contributed by atoms with Crippen LogP contribution in [0.15, 0.2) is 103 Å². The van der Waals surface area contributed by atoms with Crippen LogP contribution in [0.2, 0.25) is 0 Å². The quantitative estimate of drug-likeness (QED) is 0.222. The largest absolute Gasteiger partial charge is 0.276 e. The Hall–Kier alpha value is -5.16. The van der Waals surface area contributed by atoms with Gasteiger partial charge in [-0.2, -0.15) is 0 Å². The third-order valence-corrected chi connectivity index (χ3v) is 9.18. The van der Waals surface area contributed by atoms with Crippen molar-refractivity contribution in [2.24, 2.45) is 0 Å². The summed E-state index contributed by atoms with van der Waals surface area (Å²) in [5.74, 6) is 1.79. The van der Waals surface area contributed by atoms with E-state index in [-0.39, 0.29) is 5.41 Å². The van der Waals surface area contributed by atoms with Gasteiger partial charge in [-0.05, 0) is 75.8 Å². The molecule has 0 fully saturated rings. The third kappa shape index (κ3) is 2.28. The van der Waals surface area contributed by atoms with Gasteiger partial charge in [0.25, 0.3) is 0 Å². The van der Waals surface area contributed by atoms with Gasteiger partial charge in [-0.1, -0.05) is 74.5 Å². The number of benzene rings is 5. The average Bonchev–Trinajstić information content (AvgIpc) is 3.74. The van der Waals surface area contributed by atoms with Gasteiger partial charge in [0.2, 0.25) is 11.6 Å². The van der Waals surface area contributed by atoms with E-state index in [1.54, 1.807) is 0 Å². The normalized spacial score (nSPS) is 14.4. The molecule has 4 aromatic heterocycles. The number of aromatic nitrogens is 5. The summed E-state index contributed by atoms with van der Waals surface area (Å²) in [6.45, 7) is 4.69. The number of fused-ring (bicyclic) bond motifs is 13. The second-order valence-corrected chi connectivity index (χ2v) is 11.6. The first-order valence-electron chi connectivity index (χ1n) is 13.8. The molecule has 1 aliphatic carbocycles. The highest BCUT2D eigenvalue weighted by Crippen LogP contribution is 2.49. The molecular weight excluding hydrogens is 490 g/mol. The van der Waals surface area contributed by atoms with E-state index in [2.05, 4.69) is 130 Å². The molecule has 0 atom stereocenters. The van der Waals surface area contributed by atoms with Crippen LogP contribution in [-0.4, -0.2) is 23.2 Å². The Labute approximate surface area is 228 Å². The molecule has 5 heteroatoms. The fourth-order valence-corrected chi connectivity index (χ4v) is 7.32. The first kappa shape index (κ1) is 20.8. The van der Waals surface area contributed by atoms with Crippen LogP contribution in [0.5, 0.6) is 0 Å². The minimum Gasteiger partial charge on any atom is -0.276 e. The van der Waals surface area contributed by atoms with Crippen molar-refractivity contribution in [3.8, 4) is 22.3 Å². The zero-order valence-electron chi connectivity index (χ0n) is 22.1. The van der Waals surface area contributed by atoms with E-state index in [0.717, 1.165) is 50.2 Å².